The van der Waals surface area contributed by atoms with Gasteiger partial charge in [0, 0.05) is 158 Å². The van der Waals surface area contributed by atoms with E-state index in [1.807, 2.05) is 36.5 Å². The van der Waals surface area contributed by atoms with Crippen LogP contribution in [0, 0.1) is 154 Å². The summed E-state index contributed by atoms with van der Waals surface area (Å²) in [4.78, 5) is 119. The van der Waals surface area contributed by atoms with E-state index in [1.165, 1.54) is 69.9 Å². The Bertz CT molecular complexity index is 6340. The Kier molecular flexibility index (Phi) is 23.1. The highest BCUT2D eigenvalue weighted by Crippen LogP contribution is 2.75. The molecule has 28 rings (SSSR count). The van der Waals surface area contributed by atoms with Crippen molar-refractivity contribution in [2.75, 3.05) is 6.61 Å². The number of hydrogen-bond acceptors (Lipinski definition) is 16. The largest absolute Gasteiger partial charge is 0.458 e. The zero-order chi connectivity index (χ0) is 103. The fraction of sp³-hybridized carbons (Fsp3) is 0.615. The van der Waals surface area contributed by atoms with Gasteiger partial charge in [-0.05, 0) is 279 Å². The van der Waals surface area contributed by atoms with E-state index in [2.05, 4.69) is 205 Å². The molecule has 4 spiro atoms. The molecule has 0 aromatic rings. The summed E-state index contributed by atoms with van der Waals surface area (Å²) in [5.74, 6) is 8.66. The number of Topliss-reactive ketones (excluding diaryl/α,β-unsaturated/α-hetero) is 1. The molecule has 16 heteroatoms. The highest BCUT2D eigenvalue weighted by atomic mass is 16.6. The van der Waals surface area contributed by atoms with Gasteiger partial charge in [-0.3, -0.25) is 47.9 Å². The third-order valence-corrected chi connectivity index (χ3v) is 47.8. The van der Waals surface area contributed by atoms with Gasteiger partial charge < -0.3 is 29.2 Å². The predicted octanol–water partition coefficient (Wildman–Crippen LogP) is 24.4. The molecule has 2 N–H and O–H groups in total. The van der Waals surface area contributed by atoms with Gasteiger partial charge in [-0.15, -0.1) is 13.0 Å². The number of ether oxygens (including phenoxy) is 4. The first-order valence-corrected chi connectivity index (χ1v) is 56.3. The lowest BCUT2D eigenvalue weighted by atomic mass is 9.52. The Balaban J connectivity index is 0.0000000968. The second kappa shape index (κ2) is 33.8. The highest BCUT2D eigenvalue weighted by Gasteiger charge is 2.73. The SMILES string of the molecule is C#C[C@]1(O)CCC2C3C=CC4=CC(=O)CC[C@]4(C)C3=CC[C@@]21C.C=C[C@]1(O)CCC2C3C=CC4=CC(=O)CC[C@]4(C)C3=CC[C@@]21C.CC(=O)C1C[C@@]2(CCC3C4C=CC5=CC(=O)CC[C@]5(C)C4=CC[C@@]32C)OC1=O.C[C@]12CCC(=O)C=C1C=CC1C2=CC[C@@]2(C)C1CC[C@@]21CCC(=O)O1.C[C@]12CCC(=O)C=C1C=CC1C2=CC[C@@]2(C)C1CC[C@@]21CO1.C[C@]12CCC(=O)C=C1C=CC1C2=CC[C@@]2(C)C1CC[C@]21CCC(=O)O1. The summed E-state index contributed by atoms with van der Waals surface area (Å²) in [6, 6.07) is 0. The Morgan fingerprint density at radius 3 is 0.863 bits per heavy atom. The van der Waals surface area contributed by atoms with Crippen molar-refractivity contribution in [1.29, 1.82) is 0 Å². The van der Waals surface area contributed by atoms with Crippen LogP contribution in [0.25, 0.3) is 0 Å². The van der Waals surface area contributed by atoms with Crippen LogP contribution in [0.5, 0.6) is 0 Å². The van der Waals surface area contributed by atoms with Crippen molar-refractivity contribution in [1.82, 2.24) is 0 Å². The minimum Gasteiger partial charge on any atom is -0.458 e. The number of hydrogen-bond donors (Lipinski definition) is 2. The van der Waals surface area contributed by atoms with E-state index in [-0.39, 0.29) is 129 Å². The first kappa shape index (κ1) is 99.9. The molecule has 28 aliphatic rings. The molecule has 6 saturated carbocycles. The van der Waals surface area contributed by atoms with Crippen LogP contribution < -0.4 is 0 Å². The van der Waals surface area contributed by atoms with Crippen LogP contribution in [0.15, 0.2) is 225 Å². The topological polar surface area (TPSA) is 251 Å². The molecule has 146 heavy (non-hydrogen) atoms. The lowest BCUT2D eigenvalue weighted by molar-refractivity contribution is -0.162. The van der Waals surface area contributed by atoms with Crippen LogP contribution in [0.1, 0.15) is 315 Å². The molecule has 0 bridgehead atoms. The van der Waals surface area contributed by atoms with Gasteiger partial charge in [-0.1, -0.05) is 238 Å². The van der Waals surface area contributed by atoms with E-state index in [4.69, 9.17) is 25.4 Å². The third kappa shape index (κ3) is 14.0. The van der Waals surface area contributed by atoms with E-state index in [0.29, 0.717) is 146 Å². The number of carbonyl (C=O) groups excluding carboxylic acids is 10. The van der Waals surface area contributed by atoms with Crippen molar-refractivity contribution < 1.29 is 77.1 Å². The van der Waals surface area contributed by atoms with Crippen molar-refractivity contribution in [2.24, 2.45) is 142 Å². The molecule has 24 aliphatic carbocycles. The fourth-order valence-corrected chi connectivity index (χ4v) is 37.5. The lowest BCUT2D eigenvalue weighted by Crippen LogP contribution is -2.50. The number of fused-ring (bicyclic) bond motifs is 34. The number of rotatable bonds is 2. The minimum absolute atomic E-state index is 0.00351. The molecule has 0 amide bonds. The van der Waals surface area contributed by atoms with Crippen molar-refractivity contribution in [3.8, 4) is 12.3 Å². The number of allylic oxidation sites excluding steroid dienone is 36. The van der Waals surface area contributed by atoms with Crippen LogP contribution >= 0.6 is 0 Å². The average Bonchev–Trinajstić information content (AvgIpc) is 1.53. The molecular weight excluding hydrogens is 1820 g/mol. The summed E-state index contributed by atoms with van der Waals surface area (Å²) in [6.07, 6.45) is 90.8. The maximum absolute atomic E-state index is 12.4. The average molecular weight is 1970 g/mol. The Morgan fingerprint density at radius 2 is 0.589 bits per heavy atom. The van der Waals surface area contributed by atoms with E-state index in [1.54, 1.807) is 11.6 Å². The molecule has 0 aromatic carbocycles. The summed E-state index contributed by atoms with van der Waals surface area (Å²) in [5.41, 5.74) is 13.4. The molecular formula is C130H154O16. The van der Waals surface area contributed by atoms with Crippen LogP contribution in [-0.4, -0.2) is 109 Å². The molecule has 4 heterocycles. The summed E-state index contributed by atoms with van der Waals surface area (Å²) < 4.78 is 23.9. The van der Waals surface area contributed by atoms with Crippen LogP contribution in [0.4, 0.5) is 0 Å². The van der Waals surface area contributed by atoms with Gasteiger partial charge in [0.05, 0.1) is 17.8 Å². The molecule has 31 atom stereocenters. The molecule has 10 fully saturated rings. The fourth-order valence-electron chi connectivity index (χ4n) is 37.5. The summed E-state index contributed by atoms with van der Waals surface area (Å²) in [5, 5.41) is 22.0. The molecule has 13 unspecified atom stereocenters. The van der Waals surface area contributed by atoms with E-state index in [0.717, 1.165) is 165 Å². The quantitative estimate of drug-likeness (QED) is 0.0651. The zero-order valence-corrected chi connectivity index (χ0v) is 88.8. The van der Waals surface area contributed by atoms with Gasteiger partial charge in [-0.25, -0.2) is 0 Å². The summed E-state index contributed by atoms with van der Waals surface area (Å²) >= 11 is 0. The molecule has 770 valence electrons. The smallest absolute Gasteiger partial charge is 0.317 e. The first-order valence-electron chi connectivity index (χ1n) is 56.3. The normalized spacial score (nSPS) is 48.2. The van der Waals surface area contributed by atoms with E-state index in [9.17, 15) is 58.2 Å². The second-order valence-corrected chi connectivity index (χ2v) is 53.4. The number of esters is 3. The van der Waals surface area contributed by atoms with Gasteiger partial charge in [-0.2, -0.15) is 0 Å². The molecule has 0 radical (unpaired) electrons. The van der Waals surface area contributed by atoms with Gasteiger partial charge in [0.2, 0.25) is 0 Å². The van der Waals surface area contributed by atoms with Crippen molar-refractivity contribution >= 4 is 58.4 Å². The van der Waals surface area contributed by atoms with Crippen molar-refractivity contribution in [3.05, 3.63) is 225 Å². The number of epoxide rings is 1. The first-order chi connectivity index (χ1) is 69.1. The van der Waals surface area contributed by atoms with Gasteiger partial charge in [0.25, 0.3) is 0 Å². The highest BCUT2D eigenvalue weighted by molar-refractivity contribution is 6.00. The lowest BCUT2D eigenvalue weighted by Gasteiger charge is -2.52. The van der Waals surface area contributed by atoms with Crippen LogP contribution in [-0.2, 0) is 66.9 Å². The molecule has 16 nitrogen and oxygen atoms in total. The molecule has 4 saturated heterocycles. The van der Waals surface area contributed by atoms with Crippen LogP contribution in [0.3, 0.4) is 0 Å². The van der Waals surface area contributed by atoms with Gasteiger partial charge in [0.1, 0.15) is 34.1 Å². The maximum atomic E-state index is 12.4. The van der Waals surface area contributed by atoms with Gasteiger partial charge in [0.15, 0.2) is 34.7 Å². The summed E-state index contributed by atoms with van der Waals surface area (Å²) in [7, 11) is 0. The van der Waals surface area contributed by atoms with E-state index >= 15 is 0 Å². The maximum Gasteiger partial charge on any atom is 0.317 e. The zero-order valence-electron chi connectivity index (χ0n) is 88.8. The number of carbonyl (C=O) groups is 10. The Morgan fingerprint density at radius 1 is 0.336 bits per heavy atom. The van der Waals surface area contributed by atoms with Crippen molar-refractivity contribution in [2.45, 2.75) is 348 Å². The summed E-state index contributed by atoms with van der Waals surface area (Å²) in [6.45, 7) is 34.0. The van der Waals surface area contributed by atoms with Crippen molar-refractivity contribution in [3.63, 3.8) is 0 Å². The third-order valence-electron chi connectivity index (χ3n) is 47.8. The molecule has 0 aromatic heterocycles. The number of ketones is 7. The van der Waals surface area contributed by atoms with Gasteiger partial charge >= 0.3 is 17.9 Å². The number of aliphatic hydroxyl groups is 2. The minimum atomic E-state index is -0.993. The number of terminal acetylenes is 1. The predicted molar refractivity (Wildman–Crippen MR) is 561 cm³/mol. The monoisotopic (exact) mass is 1970 g/mol. The van der Waals surface area contributed by atoms with Crippen LogP contribution in [0.2, 0.25) is 0 Å². The standard InChI is InChI=1S/C24H28O4.2C22H26O3.C21H26O2.C21H24O2.C20H24O2/c1-14(25)18-13-24(28-21(18)27)11-8-20-17-5-4-15-12-16(26)6-9-22(15,2)19(17)7-10-23(20,24)3;2*1-20-9-5-15(23)13-14(20)3-4-16-17(20)6-10-21(2)18(16)7-11-22(21)12-8-19(24)25-22;2*1-4-21(23)12-9-18-16-6-5-14-13-15(22)7-10-19(14,2)17(16)8-11-20(18,21)3;1-18-8-5-14(21)11-13(18)3-4-15-16(18)6-9-19(2)17(15)7-10-20(19)12-22-20/h4-5,7,12,17-18,20H,6,8-11,13H2,1-3H3;2*3-4,6,13,16,18H,5,7-12H2,1-2H3;4-6,8,13,16,18,23H,1,7,9-12H2,2-3H3;1,5-6,8,13,16,18,23H,7,9-12H2,2-3H3;3-4,6,11,15,17H,5,7-10,12H2,1-2H3/t17?,18?,20?,22-,23-,24+;16?,18?,20-,21-,22+;16?,18?,20-,21-,22-;2*16?,18?,19-,20-,21-;15?,17?,18-,19-,20+/m000000/s1. The van der Waals surface area contributed by atoms with E-state index < -0.39 is 22.7 Å². The molecule has 4 aliphatic heterocycles. The Labute approximate surface area is 864 Å². The second-order valence-electron chi connectivity index (χ2n) is 53.4. The Hall–Kier alpha value is -9.40.